The molecule has 0 amide bonds. The van der Waals surface area contributed by atoms with E-state index in [1.54, 1.807) is 0 Å². The molecule has 1 rings (SSSR count). The summed E-state index contributed by atoms with van der Waals surface area (Å²) in [6, 6.07) is 8.35. The van der Waals surface area contributed by atoms with Crippen molar-refractivity contribution in [2.45, 2.75) is 26.3 Å². The molecule has 1 aromatic rings. The Morgan fingerprint density at radius 3 is 2.50 bits per heavy atom. The van der Waals surface area contributed by atoms with Crippen LogP contribution in [0.3, 0.4) is 0 Å². The summed E-state index contributed by atoms with van der Waals surface area (Å²) in [5.41, 5.74) is 3.85. The Labute approximate surface area is 86.2 Å². The van der Waals surface area contributed by atoms with Crippen LogP contribution in [-0.4, -0.2) is 6.72 Å². The molecule has 1 aromatic carbocycles. The quantitative estimate of drug-likeness (QED) is 0.495. The van der Waals surface area contributed by atoms with Gasteiger partial charge in [0, 0.05) is 0 Å². The lowest BCUT2D eigenvalue weighted by molar-refractivity contribution is 0.972. The highest BCUT2D eigenvalue weighted by Crippen LogP contribution is 2.15. The first-order chi connectivity index (χ1) is 6.77. The maximum atomic E-state index is 4.02. The number of hydrogen-bond acceptors (Lipinski definition) is 1. The number of nitrogens with zero attached hydrogens (tertiary/aromatic N) is 1. The third-order valence-electron chi connectivity index (χ3n) is 2.34. The lowest BCUT2D eigenvalue weighted by atomic mass is 9.99. The third kappa shape index (κ3) is 2.84. The van der Waals surface area contributed by atoms with Crippen molar-refractivity contribution >= 4 is 6.72 Å². The average molecular weight is 187 g/mol. The molecule has 74 valence electrons. The fraction of sp³-hybridized carbons (Fsp3) is 0.308. The van der Waals surface area contributed by atoms with Gasteiger partial charge in [0.15, 0.2) is 0 Å². The molecule has 0 aliphatic carbocycles. The summed E-state index contributed by atoms with van der Waals surface area (Å²) in [7, 11) is 0. The Kier molecular flexibility index (Phi) is 4.11. The molecule has 14 heavy (non-hydrogen) atoms. The normalized spacial score (nSPS) is 9.79. The second-order valence-corrected chi connectivity index (χ2v) is 3.43. The number of rotatable bonds is 5. The van der Waals surface area contributed by atoms with Crippen LogP contribution >= 0.6 is 0 Å². The van der Waals surface area contributed by atoms with Gasteiger partial charge in [-0.1, -0.05) is 43.3 Å². The Morgan fingerprint density at radius 1 is 1.29 bits per heavy atom. The highest BCUT2D eigenvalue weighted by molar-refractivity contribution is 5.32. The maximum absolute atomic E-state index is 4.02. The standard InChI is InChI=1S/C13H17N/c1-4-11(2)9-12-7-5-6-8-13(12)10-14-3/h5-8H,2-4,9-10H2,1H3. The van der Waals surface area contributed by atoms with E-state index in [1.165, 1.54) is 16.7 Å². The van der Waals surface area contributed by atoms with Crippen LogP contribution in [0.4, 0.5) is 0 Å². The molecule has 0 unspecified atom stereocenters. The number of allylic oxidation sites excluding steroid dienone is 1. The van der Waals surface area contributed by atoms with Crippen LogP contribution in [0.25, 0.3) is 0 Å². The van der Waals surface area contributed by atoms with Crippen LogP contribution in [0.15, 0.2) is 41.4 Å². The minimum absolute atomic E-state index is 0.702. The molecule has 0 aliphatic rings. The van der Waals surface area contributed by atoms with E-state index in [1.807, 2.05) is 6.07 Å². The van der Waals surface area contributed by atoms with E-state index in [4.69, 9.17) is 0 Å². The van der Waals surface area contributed by atoms with E-state index in [0.29, 0.717) is 6.54 Å². The molecule has 0 heterocycles. The summed E-state index contributed by atoms with van der Waals surface area (Å²) in [5.74, 6) is 0. The van der Waals surface area contributed by atoms with Gasteiger partial charge in [-0.25, -0.2) is 0 Å². The van der Waals surface area contributed by atoms with Crippen molar-refractivity contribution in [1.82, 2.24) is 0 Å². The summed E-state index contributed by atoms with van der Waals surface area (Å²) in [6.07, 6.45) is 2.00. The van der Waals surface area contributed by atoms with Crippen LogP contribution in [0, 0.1) is 0 Å². The van der Waals surface area contributed by atoms with Gasteiger partial charge in [0.2, 0.25) is 0 Å². The molecular weight excluding hydrogens is 170 g/mol. The Morgan fingerprint density at radius 2 is 1.93 bits per heavy atom. The highest BCUT2D eigenvalue weighted by atomic mass is 14.7. The van der Waals surface area contributed by atoms with E-state index in [-0.39, 0.29) is 0 Å². The predicted molar refractivity (Wildman–Crippen MR) is 62.8 cm³/mol. The van der Waals surface area contributed by atoms with Gasteiger partial charge >= 0.3 is 0 Å². The average Bonchev–Trinajstić information content (AvgIpc) is 2.21. The molecule has 0 saturated heterocycles. The molecule has 0 radical (unpaired) electrons. The van der Waals surface area contributed by atoms with Crippen LogP contribution in [0.2, 0.25) is 0 Å². The molecule has 0 saturated carbocycles. The zero-order valence-electron chi connectivity index (χ0n) is 8.79. The topological polar surface area (TPSA) is 12.4 Å². The molecule has 1 heteroatoms. The minimum Gasteiger partial charge on any atom is -0.296 e. The molecular formula is C13H17N. The summed E-state index contributed by atoms with van der Waals surface area (Å²) in [4.78, 5) is 3.92. The first-order valence-corrected chi connectivity index (χ1v) is 4.93. The monoisotopic (exact) mass is 187 g/mol. The molecule has 0 bridgehead atoms. The van der Waals surface area contributed by atoms with Gasteiger partial charge in [-0.15, -0.1) is 0 Å². The zero-order chi connectivity index (χ0) is 10.4. The number of benzene rings is 1. The molecule has 0 aromatic heterocycles. The van der Waals surface area contributed by atoms with E-state index in [9.17, 15) is 0 Å². The van der Waals surface area contributed by atoms with Gasteiger partial charge < -0.3 is 0 Å². The van der Waals surface area contributed by atoms with Crippen molar-refractivity contribution in [2.24, 2.45) is 4.99 Å². The summed E-state index contributed by atoms with van der Waals surface area (Å²) in [6.45, 7) is 10.4. The second kappa shape index (κ2) is 5.38. The van der Waals surface area contributed by atoms with Crippen molar-refractivity contribution in [3.63, 3.8) is 0 Å². The van der Waals surface area contributed by atoms with Crippen molar-refractivity contribution in [3.05, 3.63) is 47.5 Å². The van der Waals surface area contributed by atoms with Crippen molar-refractivity contribution < 1.29 is 0 Å². The van der Waals surface area contributed by atoms with Gasteiger partial charge in [0.25, 0.3) is 0 Å². The second-order valence-electron chi connectivity index (χ2n) is 3.43. The summed E-state index contributed by atoms with van der Waals surface area (Å²) >= 11 is 0. The van der Waals surface area contributed by atoms with Gasteiger partial charge in [-0.3, -0.25) is 4.99 Å². The van der Waals surface area contributed by atoms with E-state index >= 15 is 0 Å². The largest absolute Gasteiger partial charge is 0.296 e. The van der Waals surface area contributed by atoms with E-state index in [2.05, 4.69) is 43.4 Å². The van der Waals surface area contributed by atoms with Crippen LogP contribution in [0.5, 0.6) is 0 Å². The third-order valence-corrected chi connectivity index (χ3v) is 2.34. The fourth-order valence-electron chi connectivity index (χ4n) is 1.40. The summed E-state index contributed by atoms with van der Waals surface area (Å²) in [5, 5.41) is 0. The Hall–Kier alpha value is -1.37. The van der Waals surface area contributed by atoms with E-state index in [0.717, 1.165) is 12.8 Å². The van der Waals surface area contributed by atoms with Crippen LogP contribution in [-0.2, 0) is 13.0 Å². The van der Waals surface area contributed by atoms with E-state index < -0.39 is 0 Å². The van der Waals surface area contributed by atoms with Crippen LogP contribution < -0.4 is 0 Å². The van der Waals surface area contributed by atoms with Gasteiger partial charge in [-0.05, 0) is 30.7 Å². The van der Waals surface area contributed by atoms with Gasteiger partial charge in [0.1, 0.15) is 0 Å². The zero-order valence-corrected chi connectivity index (χ0v) is 8.79. The number of hydrogen-bond donors (Lipinski definition) is 0. The van der Waals surface area contributed by atoms with Crippen molar-refractivity contribution in [3.8, 4) is 0 Å². The first kappa shape index (κ1) is 10.7. The molecule has 1 nitrogen and oxygen atoms in total. The smallest absolute Gasteiger partial charge is 0.0635 e. The summed E-state index contributed by atoms with van der Waals surface area (Å²) < 4.78 is 0. The highest BCUT2D eigenvalue weighted by Gasteiger charge is 2.01. The lowest BCUT2D eigenvalue weighted by Gasteiger charge is -2.07. The maximum Gasteiger partial charge on any atom is 0.0635 e. The fourth-order valence-corrected chi connectivity index (χ4v) is 1.40. The molecule has 0 N–H and O–H groups in total. The minimum atomic E-state index is 0.702. The first-order valence-electron chi connectivity index (χ1n) is 4.93. The van der Waals surface area contributed by atoms with Gasteiger partial charge in [-0.2, -0.15) is 0 Å². The SMILES string of the molecule is C=NCc1ccccc1CC(=C)CC. The van der Waals surface area contributed by atoms with Crippen molar-refractivity contribution in [1.29, 1.82) is 0 Å². The predicted octanol–water partition coefficient (Wildman–Crippen LogP) is 3.40. The number of aliphatic imine (C=N–C) groups is 1. The molecule has 0 spiro atoms. The Balaban J connectivity index is 2.83. The molecule has 0 aliphatic heterocycles. The Bertz CT molecular complexity index is 326. The van der Waals surface area contributed by atoms with Crippen LogP contribution in [0.1, 0.15) is 24.5 Å². The lowest BCUT2D eigenvalue weighted by Crippen LogP contribution is -1.94. The van der Waals surface area contributed by atoms with Gasteiger partial charge in [0.05, 0.1) is 6.54 Å². The molecule has 0 atom stereocenters. The van der Waals surface area contributed by atoms with Crippen molar-refractivity contribution in [2.75, 3.05) is 0 Å². The molecule has 0 fully saturated rings.